The van der Waals surface area contributed by atoms with E-state index in [0.29, 0.717) is 10.6 Å². The molecule has 0 unspecified atom stereocenters. The summed E-state index contributed by atoms with van der Waals surface area (Å²) in [5, 5.41) is 3.19. The molecule has 108 valence electrons. The molecule has 0 saturated heterocycles. The van der Waals surface area contributed by atoms with Crippen LogP contribution in [-0.4, -0.2) is 5.78 Å². The molecule has 0 heterocycles. The molecule has 0 aliphatic heterocycles. The van der Waals surface area contributed by atoms with Crippen molar-refractivity contribution in [3.05, 3.63) is 75.9 Å². The molecule has 2 aromatic carbocycles. The second-order valence-electron chi connectivity index (χ2n) is 4.09. The van der Waals surface area contributed by atoms with Crippen molar-refractivity contribution in [2.24, 2.45) is 0 Å². The van der Waals surface area contributed by atoms with Gasteiger partial charge in [-0.2, -0.15) is 0 Å². The highest BCUT2D eigenvalue weighted by atomic mass is 35.5. The van der Waals surface area contributed by atoms with E-state index < -0.39 is 11.6 Å². The first kappa shape index (κ1) is 15.5. The van der Waals surface area contributed by atoms with Crippen LogP contribution in [0.2, 0.25) is 10.0 Å². The molecule has 1 N–H and O–H groups in total. The summed E-state index contributed by atoms with van der Waals surface area (Å²) in [6.45, 7) is 0. The van der Waals surface area contributed by atoms with E-state index >= 15 is 0 Å². The number of hydrogen-bond donors (Lipinski definition) is 1. The van der Waals surface area contributed by atoms with Gasteiger partial charge in [0.05, 0.1) is 15.7 Å². The topological polar surface area (TPSA) is 29.1 Å². The minimum Gasteiger partial charge on any atom is -0.359 e. The molecule has 0 radical (unpaired) electrons. The van der Waals surface area contributed by atoms with Gasteiger partial charge in [0.1, 0.15) is 11.6 Å². The Hall–Kier alpha value is -1.91. The molecule has 2 aromatic rings. The Balaban J connectivity index is 2.06. The van der Waals surface area contributed by atoms with E-state index in [9.17, 15) is 13.6 Å². The molecule has 0 atom stereocenters. The van der Waals surface area contributed by atoms with Crippen LogP contribution >= 0.6 is 23.2 Å². The van der Waals surface area contributed by atoms with Gasteiger partial charge in [0.2, 0.25) is 0 Å². The van der Waals surface area contributed by atoms with Crippen LogP contribution in [0.25, 0.3) is 0 Å². The van der Waals surface area contributed by atoms with E-state index in [4.69, 9.17) is 23.2 Å². The molecule has 0 amide bonds. The number of nitrogens with one attached hydrogen (secondary N) is 1. The predicted octanol–water partition coefficient (Wildman–Crippen LogP) is 5.08. The molecular weight excluding hydrogens is 319 g/mol. The Morgan fingerprint density at radius 1 is 1.05 bits per heavy atom. The second kappa shape index (κ2) is 6.70. The monoisotopic (exact) mass is 327 g/mol. The van der Waals surface area contributed by atoms with Gasteiger partial charge >= 0.3 is 0 Å². The first-order valence-electron chi connectivity index (χ1n) is 5.85. The van der Waals surface area contributed by atoms with E-state index in [-0.39, 0.29) is 16.5 Å². The minimum absolute atomic E-state index is 0.0644. The summed E-state index contributed by atoms with van der Waals surface area (Å²) in [4.78, 5) is 11.9. The van der Waals surface area contributed by atoms with Gasteiger partial charge in [-0.3, -0.25) is 4.79 Å². The molecule has 0 aliphatic carbocycles. The maximum Gasteiger partial charge on any atom is 0.187 e. The Morgan fingerprint density at radius 2 is 1.81 bits per heavy atom. The van der Waals surface area contributed by atoms with Crippen molar-refractivity contribution >= 4 is 34.7 Å². The molecular formula is C15H9Cl2F2NO. The van der Waals surface area contributed by atoms with Crippen molar-refractivity contribution < 1.29 is 13.6 Å². The van der Waals surface area contributed by atoms with Crippen LogP contribution < -0.4 is 5.32 Å². The average Bonchev–Trinajstić information content (AvgIpc) is 2.44. The summed E-state index contributed by atoms with van der Waals surface area (Å²) >= 11 is 11.6. The Kier molecular flexibility index (Phi) is 4.94. The molecule has 2 rings (SSSR count). The first-order chi connectivity index (χ1) is 9.97. The number of benzene rings is 2. The summed E-state index contributed by atoms with van der Waals surface area (Å²) < 4.78 is 26.1. The summed E-state index contributed by atoms with van der Waals surface area (Å²) in [5.41, 5.74) is 0.414. The number of allylic oxidation sites excluding steroid dienone is 1. The van der Waals surface area contributed by atoms with Crippen molar-refractivity contribution in [1.82, 2.24) is 0 Å². The maximum absolute atomic E-state index is 13.3. The number of halogens is 4. The largest absolute Gasteiger partial charge is 0.359 e. The van der Waals surface area contributed by atoms with Gasteiger partial charge in [-0.1, -0.05) is 23.2 Å². The Morgan fingerprint density at radius 3 is 2.48 bits per heavy atom. The lowest BCUT2D eigenvalue weighted by atomic mass is 10.1. The molecule has 6 heteroatoms. The number of anilines is 1. The van der Waals surface area contributed by atoms with Gasteiger partial charge in [-0.25, -0.2) is 8.78 Å². The molecule has 0 aromatic heterocycles. The van der Waals surface area contributed by atoms with Gasteiger partial charge < -0.3 is 5.32 Å². The fraction of sp³-hybridized carbons (Fsp3) is 0. The van der Waals surface area contributed by atoms with Crippen LogP contribution in [0.4, 0.5) is 14.5 Å². The lowest BCUT2D eigenvalue weighted by Gasteiger charge is -2.02. The molecule has 0 spiro atoms. The Bertz CT molecular complexity index is 717. The van der Waals surface area contributed by atoms with Crippen LogP contribution in [0.1, 0.15) is 10.4 Å². The van der Waals surface area contributed by atoms with Gasteiger partial charge in [-0.05, 0) is 30.3 Å². The lowest BCUT2D eigenvalue weighted by Crippen LogP contribution is -1.97. The van der Waals surface area contributed by atoms with Crippen LogP contribution in [0, 0.1) is 11.6 Å². The SMILES string of the molecule is O=C(C=CNc1ccc(F)cc1F)c1ccc(Cl)c(Cl)c1. The first-order valence-corrected chi connectivity index (χ1v) is 6.60. The summed E-state index contributed by atoms with van der Waals surface area (Å²) in [6.07, 6.45) is 2.48. The van der Waals surface area contributed by atoms with Gasteiger partial charge in [0.15, 0.2) is 5.78 Å². The van der Waals surface area contributed by atoms with Crippen LogP contribution in [-0.2, 0) is 0 Å². The number of hydrogen-bond acceptors (Lipinski definition) is 2. The summed E-state index contributed by atoms with van der Waals surface area (Å²) in [6, 6.07) is 7.57. The number of carbonyl (C=O) groups excluding carboxylic acids is 1. The number of ketones is 1. The maximum atomic E-state index is 13.3. The number of carbonyl (C=O) groups is 1. The fourth-order valence-corrected chi connectivity index (χ4v) is 1.86. The van der Waals surface area contributed by atoms with Crippen molar-refractivity contribution in [1.29, 1.82) is 0 Å². The average molecular weight is 328 g/mol. The van der Waals surface area contributed by atoms with Crippen LogP contribution in [0.5, 0.6) is 0 Å². The van der Waals surface area contributed by atoms with Crippen LogP contribution in [0.3, 0.4) is 0 Å². The fourth-order valence-electron chi connectivity index (χ4n) is 1.56. The number of rotatable bonds is 4. The molecule has 0 aliphatic rings. The van der Waals surface area contributed by atoms with Crippen molar-refractivity contribution in [2.45, 2.75) is 0 Å². The highest BCUT2D eigenvalue weighted by Crippen LogP contribution is 2.23. The molecule has 0 fully saturated rings. The normalized spacial score (nSPS) is 10.9. The third-order valence-electron chi connectivity index (χ3n) is 2.61. The quantitative estimate of drug-likeness (QED) is 0.626. The third kappa shape index (κ3) is 4.03. The lowest BCUT2D eigenvalue weighted by molar-refractivity contribution is 0.104. The van der Waals surface area contributed by atoms with E-state index in [1.807, 2.05) is 0 Å². The van der Waals surface area contributed by atoms with Gasteiger partial charge in [0, 0.05) is 23.9 Å². The molecule has 0 saturated carbocycles. The third-order valence-corrected chi connectivity index (χ3v) is 3.35. The molecule has 21 heavy (non-hydrogen) atoms. The summed E-state index contributed by atoms with van der Waals surface area (Å²) in [7, 11) is 0. The van der Waals surface area contributed by atoms with E-state index in [2.05, 4.69) is 5.32 Å². The van der Waals surface area contributed by atoms with Crippen molar-refractivity contribution in [2.75, 3.05) is 5.32 Å². The van der Waals surface area contributed by atoms with E-state index in [1.54, 1.807) is 0 Å². The highest BCUT2D eigenvalue weighted by Gasteiger charge is 2.05. The Labute approximate surface area is 130 Å². The highest BCUT2D eigenvalue weighted by molar-refractivity contribution is 6.42. The van der Waals surface area contributed by atoms with Gasteiger partial charge in [0.25, 0.3) is 0 Å². The predicted molar refractivity (Wildman–Crippen MR) is 79.9 cm³/mol. The minimum atomic E-state index is -0.748. The summed E-state index contributed by atoms with van der Waals surface area (Å²) in [5.74, 6) is -1.75. The van der Waals surface area contributed by atoms with Crippen molar-refractivity contribution in [3.63, 3.8) is 0 Å². The van der Waals surface area contributed by atoms with E-state index in [1.165, 1.54) is 36.5 Å². The second-order valence-corrected chi connectivity index (χ2v) is 4.91. The standard InChI is InChI=1S/C15H9Cl2F2NO/c16-11-3-1-9(7-12(11)17)15(21)5-6-20-14-4-2-10(18)8-13(14)19/h1-8,20H. The zero-order valence-electron chi connectivity index (χ0n) is 10.5. The smallest absolute Gasteiger partial charge is 0.187 e. The van der Waals surface area contributed by atoms with E-state index in [0.717, 1.165) is 12.1 Å². The molecule has 2 nitrogen and oxygen atoms in total. The van der Waals surface area contributed by atoms with Crippen LogP contribution in [0.15, 0.2) is 48.7 Å². The van der Waals surface area contributed by atoms with Gasteiger partial charge in [-0.15, -0.1) is 0 Å². The zero-order valence-corrected chi connectivity index (χ0v) is 12.1. The zero-order chi connectivity index (χ0) is 15.4. The van der Waals surface area contributed by atoms with Crippen molar-refractivity contribution in [3.8, 4) is 0 Å². The molecule has 0 bridgehead atoms.